The molecule has 1 aliphatic rings. The molecular formula is C13H8BClF3N3O. The molecule has 2 aromatic rings. The number of alkyl halides is 3. The second-order valence-corrected chi connectivity index (χ2v) is 4.97. The predicted molar refractivity (Wildman–Crippen MR) is 78.4 cm³/mol. The van der Waals surface area contributed by atoms with Gasteiger partial charge in [-0.05, 0) is 35.9 Å². The Balaban J connectivity index is 1.96. The summed E-state index contributed by atoms with van der Waals surface area (Å²) in [5.74, 6) is 0. The van der Waals surface area contributed by atoms with E-state index in [1.807, 2.05) is 0 Å². The fourth-order valence-electron chi connectivity index (χ4n) is 2.15. The highest BCUT2D eigenvalue weighted by atomic mass is 35.5. The number of nitrogens with zero attached hydrogens (tertiary/aromatic N) is 3. The minimum atomic E-state index is -4.41. The number of hydrogen-bond donors (Lipinski definition) is 1. The molecule has 0 unspecified atom stereocenters. The normalized spacial score (nSPS) is 14.2. The van der Waals surface area contributed by atoms with Gasteiger partial charge < -0.3 is 5.02 Å². The molecule has 4 nitrogen and oxygen atoms in total. The van der Waals surface area contributed by atoms with Crippen molar-refractivity contribution in [3.8, 4) is 0 Å². The van der Waals surface area contributed by atoms with Gasteiger partial charge in [-0.1, -0.05) is 11.6 Å². The summed E-state index contributed by atoms with van der Waals surface area (Å²) < 4.78 is 37.7. The third kappa shape index (κ3) is 2.55. The summed E-state index contributed by atoms with van der Waals surface area (Å²) >= 11 is 5.97. The van der Waals surface area contributed by atoms with Crippen LogP contribution in [-0.4, -0.2) is 23.3 Å². The minimum Gasteiger partial charge on any atom is -0.427 e. The van der Waals surface area contributed by atoms with Gasteiger partial charge in [0.1, 0.15) is 5.15 Å². The molecule has 0 saturated heterocycles. The molecule has 0 radical (unpaired) electrons. The fraction of sp³-hybridized carbons (Fsp3) is 0.0769. The number of pyridine rings is 1. The summed E-state index contributed by atoms with van der Waals surface area (Å²) in [6.07, 6.45) is -1.47. The Bertz CT molecular complexity index is 736. The van der Waals surface area contributed by atoms with Crippen LogP contribution in [0.2, 0.25) is 5.15 Å². The van der Waals surface area contributed by atoms with Crippen molar-refractivity contribution in [3.05, 3.63) is 52.8 Å². The molecule has 1 aromatic carbocycles. The van der Waals surface area contributed by atoms with Crippen LogP contribution in [0.5, 0.6) is 0 Å². The van der Waals surface area contributed by atoms with E-state index in [-0.39, 0.29) is 5.15 Å². The molecule has 22 heavy (non-hydrogen) atoms. The molecular weight excluding hydrogens is 317 g/mol. The molecule has 0 aliphatic carbocycles. The van der Waals surface area contributed by atoms with E-state index in [0.717, 1.165) is 12.1 Å². The summed E-state index contributed by atoms with van der Waals surface area (Å²) in [7, 11) is -1.22. The Morgan fingerprint density at radius 1 is 1.14 bits per heavy atom. The van der Waals surface area contributed by atoms with E-state index in [2.05, 4.69) is 10.1 Å². The molecule has 112 valence electrons. The first-order chi connectivity index (χ1) is 10.4. The van der Waals surface area contributed by atoms with Crippen LogP contribution in [0.1, 0.15) is 11.1 Å². The highest BCUT2D eigenvalue weighted by Crippen LogP contribution is 2.31. The van der Waals surface area contributed by atoms with Gasteiger partial charge in [0, 0.05) is 17.3 Å². The lowest BCUT2D eigenvalue weighted by molar-refractivity contribution is -0.137. The van der Waals surface area contributed by atoms with Gasteiger partial charge in [-0.25, -0.2) is 4.98 Å². The molecule has 0 fully saturated rings. The zero-order valence-electron chi connectivity index (χ0n) is 10.9. The summed E-state index contributed by atoms with van der Waals surface area (Å²) in [5.41, 5.74) is 0.504. The molecule has 0 spiro atoms. The Hall–Kier alpha value is -2.06. The van der Waals surface area contributed by atoms with Crippen molar-refractivity contribution >= 4 is 36.0 Å². The van der Waals surface area contributed by atoms with Crippen LogP contribution in [0.15, 0.2) is 41.6 Å². The third-order valence-corrected chi connectivity index (χ3v) is 3.55. The molecule has 3 rings (SSSR count). The second kappa shape index (κ2) is 5.29. The Morgan fingerprint density at radius 3 is 2.45 bits per heavy atom. The lowest BCUT2D eigenvalue weighted by Crippen LogP contribution is -2.51. The first kappa shape index (κ1) is 14.9. The molecule has 0 amide bonds. The van der Waals surface area contributed by atoms with Gasteiger partial charge in [-0.2, -0.15) is 18.3 Å². The van der Waals surface area contributed by atoms with Crippen LogP contribution in [0.25, 0.3) is 0 Å². The smallest absolute Gasteiger partial charge is 0.427 e. The van der Waals surface area contributed by atoms with E-state index in [1.54, 1.807) is 6.07 Å². The van der Waals surface area contributed by atoms with Crippen molar-refractivity contribution in [3.63, 3.8) is 0 Å². The number of fused-ring (bicyclic) bond motifs is 1. The molecule has 9 heteroatoms. The van der Waals surface area contributed by atoms with Gasteiger partial charge in [-0.15, -0.1) is 0 Å². The largest absolute Gasteiger partial charge is 0.474 e. The van der Waals surface area contributed by atoms with Crippen molar-refractivity contribution in [1.29, 1.82) is 0 Å². The molecule has 1 N–H and O–H groups in total. The number of anilines is 1. The quantitative estimate of drug-likeness (QED) is 0.646. The number of aromatic nitrogens is 1. The highest BCUT2D eigenvalue weighted by molar-refractivity contribution is 6.74. The lowest BCUT2D eigenvalue weighted by atomic mass is 9.70. The zero-order valence-corrected chi connectivity index (χ0v) is 11.7. The number of hydrazone groups is 1. The maximum Gasteiger partial charge on any atom is 0.474 e. The average molecular weight is 325 g/mol. The lowest BCUT2D eigenvalue weighted by Gasteiger charge is -2.27. The van der Waals surface area contributed by atoms with E-state index in [0.29, 0.717) is 16.7 Å². The van der Waals surface area contributed by atoms with Gasteiger partial charge in [0.2, 0.25) is 0 Å². The third-order valence-electron chi connectivity index (χ3n) is 3.25. The van der Waals surface area contributed by atoms with Crippen LogP contribution in [-0.2, 0) is 6.18 Å². The fourth-order valence-corrected chi connectivity index (χ4v) is 2.41. The van der Waals surface area contributed by atoms with E-state index in [1.165, 1.54) is 29.5 Å². The van der Waals surface area contributed by atoms with Gasteiger partial charge in [-0.3, -0.25) is 4.92 Å². The number of rotatable bonds is 1. The summed E-state index contributed by atoms with van der Waals surface area (Å²) in [4.78, 5) is 5.06. The van der Waals surface area contributed by atoms with Gasteiger partial charge in [0.05, 0.1) is 11.8 Å². The second-order valence-electron chi connectivity index (χ2n) is 4.61. The zero-order chi connectivity index (χ0) is 15.9. The number of halogens is 4. The molecule has 2 heterocycles. The standard InChI is InChI=1S/C13H8BClF3N3O/c15-12-11-8(5-6-19-12)7-20-21(14(11)22)10-3-1-9(2-4-10)13(16,17)18/h1-7,22H. The van der Waals surface area contributed by atoms with E-state index in [4.69, 9.17) is 11.6 Å². The monoisotopic (exact) mass is 325 g/mol. The summed E-state index contributed by atoms with van der Waals surface area (Å²) in [6.45, 7) is 0. The summed E-state index contributed by atoms with van der Waals surface area (Å²) in [5, 5.41) is 14.5. The Morgan fingerprint density at radius 2 is 1.82 bits per heavy atom. The Kier molecular flexibility index (Phi) is 3.58. The van der Waals surface area contributed by atoms with E-state index in [9.17, 15) is 18.2 Å². The maximum absolute atomic E-state index is 12.6. The van der Waals surface area contributed by atoms with Crippen LogP contribution >= 0.6 is 11.6 Å². The topological polar surface area (TPSA) is 48.7 Å². The maximum atomic E-state index is 12.6. The first-order valence-corrected chi connectivity index (χ1v) is 6.58. The van der Waals surface area contributed by atoms with Crippen LogP contribution in [0.4, 0.5) is 18.9 Å². The first-order valence-electron chi connectivity index (χ1n) is 6.21. The molecule has 0 atom stereocenters. The minimum absolute atomic E-state index is 0.119. The van der Waals surface area contributed by atoms with E-state index >= 15 is 0 Å². The predicted octanol–water partition coefficient (Wildman–Crippen LogP) is 2.30. The van der Waals surface area contributed by atoms with Crippen LogP contribution in [0, 0.1) is 0 Å². The van der Waals surface area contributed by atoms with Gasteiger partial charge in [0.15, 0.2) is 0 Å². The SMILES string of the molecule is OB1c2c(ccnc2Cl)C=NN1c1ccc(C(F)(F)F)cc1. The van der Waals surface area contributed by atoms with Crippen molar-refractivity contribution in [1.82, 2.24) is 4.98 Å². The molecule has 0 bridgehead atoms. The molecule has 1 aliphatic heterocycles. The number of benzene rings is 1. The van der Waals surface area contributed by atoms with Crippen molar-refractivity contribution in [2.24, 2.45) is 5.10 Å². The van der Waals surface area contributed by atoms with Crippen LogP contribution in [0.3, 0.4) is 0 Å². The molecule has 0 saturated carbocycles. The van der Waals surface area contributed by atoms with Crippen molar-refractivity contribution in [2.45, 2.75) is 6.18 Å². The highest BCUT2D eigenvalue weighted by Gasteiger charge is 2.34. The van der Waals surface area contributed by atoms with Gasteiger partial charge >= 0.3 is 13.2 Å². The van der Waals surface area contributed by atoms with Crippen LogP contribution < -0.4 is 10.4 Å². The average Bonchev–Trinajstić information content (AvgIpc) is 2.47. The number of hydrogen-bond acceptors (Lipinski definition) is 4. The summed E-state index contributed by atoms with van der Waals surface area (Å²) in [6, 6.07) is 5.96. The Labute approximate surface area is 129 Å². The van der Waals surface area contributed by atoms with E-state index < -0.39 is 18.8 Å². The molecule has 1 aromatic heterocycles. The van der Waals surface area contributed by atoms with Crippen molar-refractivity contribution in [2.75, 3.05) is 4.92 Å². The van der Waals surface area contributed by atoms with Gasteiger partial charge in [0.25, 0.3) is 0 Å². The van der Waals surface area contributed by atoms with Crippen molar-refractivity contribution < 1.29 is 18.2 Å².